The molecule has 13 heteroatoms. The number of halogens is 6. The van der Waals surface area contributed by atoms with Crippen LogP contribution in [0, 0.1) is 13.8 Å². The van der Waals surface area contributed by atoms with E-state index >= 15 is 0 Å². The lowest BCUT2D eigenvalue weighted by molar-refractivity contribution is -0.144. The van der Waals surface area contributed by atoms with Gasteiger partial charge in [0.25, 0.3) is 5.82 Å². The maximum absolute atomic E-state index is 13.3. The number of fused-ring (bicyclic) bond motifs is 1. The van der Waals surface area contributed by atoms with E-state index < -0.39 is 35.5 Å². The van der Waals surface area contributed by atoms with Crippen LogP contribution in [0.3, 0.4) is 0 Å². The Labute approximate surface area is 169 Å². The average Bonchev–Trinajstić information content (AvgIpc) is 3.27. The van der Waals surface area contributed by atoms with Gasteiger partial charge in [-0.25, -0.2) is 15.0 Å². The van der Waals surface area contributed by atoms with Crippen LogP contribution in [0.25, 0.3) is 28.2 Å². The van der Waals surface area contributed by atoms with Crippen LogP contribution in [0.1, 0.15) is 23.0 Å². The summed E-state index contributed by atoms with van der Waals surface area (Å²) in [5, 5.41) is 3.33. The van der Waals surface area contributed by atoms with Gasteiger partial charge in [0.1, 0.15) is 17.1 Å². The molecule has 0 spiro atoms. The van der Waals surface area contributed by atoms with Gasteiger partial charge in [-0.2, -0.15) is 30.9 Å². The van der Waals surface area contributed by atoms with Gasteiger partial charge in [-0.3, -0.25) is 0 Å². The molecule has 0 unspecified atom stereocenters. The Balaban J connectivity index is 2.12. The number of nitrogens with two attached hydrogens (primary N) is 1. The Morgan fingerprint density at radius 1 is 0.935 bits per heavy atom. The molecule has 0 atom stereocenters. The van der Waals surface area contributed by atoms with Crippen molar-refractivity contribution in [1.82, 2.24) is 24.6 Å². The molecule has 7 nitrogen and oxygen atoms in total. The molecule has 0 aliphatic carbocycles. The highest BCUT2D eigenvalue weighted by Crippen LogP contribution is 2.39. The van der Waals surface area contributed by atoms with Gasteiger partial charge in [-0.15, -0.1) is 5.10 Å². The molecule has 0 saturated heterocycles. The molecule has 0 fully saturated rings. The molecule has 0 saturated carbocycles. The van der Waals surface area contributed by atoms with Gasteiger partial charge in [0.05, 0.1) is 5.56 Å². The minimum absolute atomic E-state index is 0.0167. The van der Waals surface area contributed by atoms with Crippen LogP contribution in [0.5, 0.6) is 0 Å². The lowest BCUT2D eigenvalue weighted by atomic mass is 10.0. The number of alkyl halides is 6. The van der Waals surface area contributed by atoms with E-state index in [9.17, 15) is 26.3 Å². The molecule has 0 bridgehead atoms. The molecule has 0 aliphatic rings. The number of anilines is 1. The van der Waals surface area contributed by atoms with Crippen LogP contribution in [0.2, 0.25) is 0 Å². The topological polar surface area (TPSA) is 95.1 Å². The number of pyridine rings is 1. The van der Waals surface area contributed by atoms with Crippen molar-refractivity contribution >= 4 is 11.6 Å². The lowest BCUT2D eigenvalue weighted by Gasteiger charge is -2.13. The summed E-state index contributed by atoms with van der Waals surface area (Å²) >= 11 is 0. The zero-order chi connectivity index (χ0) is 22.7. The Kier molecular flexibility index (Phi) is 4.45. The fourth-order valence-corrected chi connectivity index (χ4v) is 3.04. The molecular formula is C18H12F6N6O. The molecule has 0 aliphatic heterocycles. The van der Waals surface area contributed by atoms with E-state index in [0.717, 1.165) is 0 Å². The van der Waals surface area contributed by atoms with Crippen molar-refractivity contribution in [3.8, 4) is 22.6 Å². The summed E-state index contributed by atoms with van der Waals surface area (Å²) in [5.41, 5.74) is 3.74. The number of aryl methyl sites for hydroxylation is 2. The van der Waals surface area contributed by atoms with Gasteiger partial charge in [-0.05, 0) is 43.7 Å². The summed E-state index contributed by atoms with van der Waals surface area (Å²) in [6, 6.07) is 4.99. The fraction of sp³-hybridized carbons (Fsp3) is 0.222. The first kappa shape index (κ1) is 20.6. The van der Waals surface area contributed by atoms with Crippen molar-refractivity contribution in [2.45, 2.75) is 26.2 Å². The summed E-state index contributed by atoms with van der Waals surface area (Å²) in [6.45, 7) is 2.94. The predicted octanol–water partition coefficient (Wildman–Crippen LogP) is 4.68. The molecule has 0 amide bonds. The molecule has 162 valence electrons. The van der Waals surface area contributed by atoms with E-state index in [0.29, 0.717) is 16.3 Å². The van der Waals surface area contributed by atoms with Crippen molar-refractivity contribution in [2.75, 3.05) is 5.73 Å². The summed E-state index contributed by atoms with van der Waals surface area (Å²) in [5.74, 6) is -1.44. The van der Waals surface area contributed by atoms with Crippen LogP contribution in [-0.2, 0) is 12.4 Å². The maximum atomic E-state index is 13.3. The van der Waals surface area contributed by atoms with Crippen molar-refractivity contribution < 1.29 is 30.8 Å². The van der Waals surface area contributed by atoms with E-state index in [1.807, 2.05) is 0 Å². The second kappa shape index (κ2) is 6.68. The van der Waals surface area contributed by atoms with Crippen LogP contribution in [0.4, 0.5) is 32.3 Å². The zero-order valence-corrected chi connectivity index (χ0v) is 15.8. The van der Waals surface area contributed by atoms with Crippen molar-refractivity contribution in [2.24, 2.45) is 0 Å². The second-order valence-electron chi connectivity index (χ2n) is 6.65. The highest BCUT2D eigenvalue weighted by atomic mass is 19.4. The quantitative estimate of drug-likeness (QED) is 0.453. The standard InChI is InChI=1S/C18H12F6N6O/c1-7-5-9(6-11(26-7)17(19,20)21)12-13(10-4-3-8(2)31-10)27-16(25)30-14(12)28-15(29-30)18(22,23)24/h3-6H,1-2H3,(H2,25,27). The first-order chi connectivity index (χ1) is 14.3. The van der Waals surface area contributed by atoms with E-state index in [1.165, 1.54) is 19.1 Å². The Hall–Kier alpha value is -3.64. The molecule has 2 N–H and O–H groups in total. The van der Waals surface area contributed by atoms with E-state index in [-0.39, 0.29) is 28.3 Å². The van der Waals surface area contributed by atoms with Crippen molar-refractivity contribution in [3.63, 3.8) is 0 Å². The third kappa shape index (κ3) is 3.66. The summed E-state index contributed by atoms with van der Waals surface area (Å²) < 4.78 is 85.8. The number of aromatic nitrogens is 5. The second-order valence-corrected chi connectivity index (χ2v) is 6.65. The van der Waals surface area contributed by atoms with Gasteiger partial charge in [0, 0.05) is 5.69 Å². The van der Waals surface area contributed by atoms with Crippen molar-refractivity contribution in [3.05, 3.63) is 47.2 Å². The highest BCUT2D eigenvalue weighted by Gasteiger charge is 2.38. The van der Waals surface area contributed by atoms with Crippen molar-refractivity contribution in [1.29, 1.82) is 0 Å². The third-order valence-electron chi connectivity index (χ3n) is 4.27. The molecule has 4 rings (SSSR count). The minimum Gasteiger partial charge on any atom is -0.460 e. The summed E-state index contributed by atoms with van der Waals surface area (Å²) in [4.78, 5) is 11.0. The van der Waals surface area contributed by atoms with E-state index in [4.69, 9.17) is 10.2 Å². The molecule has 0 radical (unpaired) electrons. The van der Waals surface area contributed by atoms with Gasteiger partial charge in [0.2, 0.25) is 5.95 Å². The normalized spacial score (nSPS) is 12.6. The fourth-order valence-electron chi connectivity index (χ4n) is 3.04. The molecule has 4 aromatic rings. The van der Waals surface area contributed by atoms with Gasteiger partial charge in [0.15, 0.2) is 11.4 Å². The highest BCUT2D eigenvalue weighted by molar-refractivity contribution is 5.89. The minimum atomic E-state index is -4.91. The summed E-state index contributed by atoms with van der Waals surface area (Å²) in [7, 11) is 0. The van der Waals surface area contributed by atoms with Gasteiger partial charge < -0.3 is 10.2 Å². The molecule has 4 heterocycles. The number of furan rings is 1. The van der Waals surface area contributed by atoms with Crippen LogP contribution >= 0.6 is 0 Å². The first-order valence-electron chi connectivity index (χ1n) is 8.61. The van der Waals surface area contributed by atoms with Crippen LogP contribution < -0.4 is 5.73 Å². The van der Waals surface area contributed by atoms with Gasteiger partial charge >= 0.3 is 12.4 Å². The number of nitrogens with zero attached hydrogens (tertiary/aromatic N) is 5. The molecule has 31 heavy (non-hydrogen) atoms. The van der Waals surface area contributed by atoms with E-state index in [2.05, 4.69) is 20.1 Å². The Morgan fingerprint density at radius 2 is 1.65 bits per heavy atom. The average molecular weight is 442 g/mol. The lowest BCUT2D eigenvalue weighted by Crippen LogP contribution is -2.10. The van der Waals surface area contributed by atoms with Gasteiger partial charge in [-0.1, -0.05) is 0 Å². The summed E-state index contributed by atoms with van der Waals surface area (Å²) in [6.07, 6.45) is -9.70. The predicted molar refractivity (Wildman–Crippen MR) is 95.6 cm³/mol. The van der Waals surface area contributed by atoms with E-state index in [1.54, 1.807) is 13.0 Å². The zero-order valence-electron chi connectivity index (χ0n) is 15.8. The third-order valence-corrected chi connectivity index (χ3v) is 4.27. The Bertz CT molecular complexity index is 1300. The molecular weight excluding hydrogens is 430 g/mol. The number of hydrogen-bond donors (Lipinski definition) is 1. The smallest absolute Gasteiger partial charge is 0.453 e. The molecule has 4 aromatic heterocycles. The number of hydrogen-bond acceptors (Lipinski definition) is 6. The maximum Gasteiger partial charge on any atom is 0.453 e. The molecule has 0 aromatic carbocycles. The monoisotopic (exact) mass is 442 g/mol. The van der Waals surface area contributed by atoms with Crippen LogP contribution in [0.15, 0.2) is 28.7 Å². The number of rotatable bonds is 2. The SMILES string of the molecule is Cc1cc(-c2c(-c3ccc(C)o3)nc(N)n3nc(C(F)(F)F)nc23)cc(C(F)(F)F)n1. The largest absolute Gasteiger partial charge is 0.460 e. The van der Waals surface area contributed by atoms with Crippen LogP contribution in [-0.4, -0.2) is 24.6 Å². The first-order valence-corrected chi connectivity index (χ1v) is 8.61. The number of nitrogen functional groups attached to an aromatic ring is 1. The Morgan fingerprint density at radius 3 is 2.23 bits per heavy atom.